The Morgan fingerprint density at radius 2 is 2.00 bits per heavy atom. The van der Waals surface area contributed by atoms with Gasteiger partial charge in [-0.05, 0) is 6.07 Å². The summed E-state index contributed by atoms with van der Waals surface area (Å²) in [6.45, 7) is 0. The molecule has 1 aromatic rings. The van der Waals surface area contributed by atoms with E-state index >= 15 is 0 Å². The molecule has 0 saturated heterocycles. The van der Waals surface area contributed by atoms with Crippen LogP contribution < -0.4 is 14.8 Å². The number of rotatable bonds is 2. The Morgan fingerprint density at radius 1 is 1.43 bits per heavy atom. The molecule has 10 heteroatoms. The van der Waals surface area contributed by atoms with Crippen molar-refractivity contribution in [1.29, 1.82) is 0 Å². The third-order valence-electron chi connectivity index (χ3n) is 1.05. The van der Waals surface area contributed by atoms with Gasteiger partial charge in [-0.3, -0.25) is 0 Å². The first-order valence-electron chi connectivity index (χ1n) is 3.01. The standard InChI is InChI=1S/C4H2BF3N2O3.Mn/c6-4(7,8)3-1-2-10(9-3)13-5(11)12;/h1-2H;/q-2;+2. The van der Waals surface area contributed by atoms with Gasteiger partial charge in [-0.1, -0.05) is 0 Å². The first-order valence-corrected chi connectivity index (χ1v) is 3.01. The molecular formula is C4H2BF3MnN2O3. The second kappa shape index (κ2) is 4.69. The van der Waals surface area contributed by atoms with Gasteiger partial charge in [0.15, 0.2) is 13.0 Å². The number of hydrogen-bond acceptors (Lipinski definition) is 4. The summed E-state index contributed by atoms with van der Waals surface area (Å²) < 4.78 is 39.3. The van der Waals surface area contributed by atoms with Crippen LogP contribution in [0.5, 0.6) is 0 Å². The summed E-state index contributed by atoms with van der Waals surface area (Å²) in [5.74, 6) is 0. The van der Waals surface area contributed by atoms with Crippen molar-refractivity contribution in [3.05, 3.63) is 18.0 Å². The van der Waals surface area contributed by atoms with Crippen LogP contribution >= 0.6 is 0 Å². The van der Waals surface area contributed by atoms with E-state index in [1.807, 2.05) is 0 Å². The largest absolute Gasteiger partial charge is 2.00 e. The minimum absolute atomic E-state index is 0. The number of nitrogens with zero attached hydrogens (tertiary/aromatic N) is 2. The number of hydrogen-bond donors (Lipinski definition) is 0. The molecular weight excluding hydrogens is 247 g/mol. The molecule has 1 heterocycles. The first-order chi connectivity index (χ1) is 5.89. The summed E-state index contributed by atoms with van der Waals surface area (Å²) in [5, 5.41) is 22.5. The van der Waals surface area contributed by atoms with Crippen LogP contribution in [-0.2, 0) is 23.2 Å². The van der Waals surface area contributed by atoms with Crippen LogP contribution in [0.3, 0.4) is 0 Å². The fourth-order valence-electron chi connectivity index (χ4n) is 0.605. The quantitative estimate of drug-likeness (QED) is 0.570. The normalized spacial score (nSPS) is 10.6. The Morgan fingerprint density at radius 3 is 2.36 bits per heavy atom. The van der Waals surface area contributed by atoms with Crippen molar-refractivity contribution in [2.24, 2.45) is 0 Å². The average Bonchev–Trinajstić information content (AvgIpc) is 2.32. The maximum Gasteiger partial charge on any atom is 2.00 e. The molecule has 0 fully saturated rings. The first kappa shape index (κ1) is 13.3. The van der Waals surface area contributed by atoms with E-state index in [1.165, 1.54) is 0 Å². The summed E-state index contributed by atoms with van der Waals surface area (Å²) in [6, 6.07) is 0.586. The van der Waals surface area contributed by atoms with Crippen LogP contribution in [0.15, 0.2) is 12.3 Å². The molecule has 0 spiro atoms. The summed E-state index contributed by atoms with van der Waals surface area (Å²) in [4.78, 5) is 0.188. The zero-order valence-electron chi connectivity index (χ0n) is 6.36. The molecule has 0 N–H and O–H groups in total. The van der Waals surface area contributed by atoms with Gasteiger partial charge in [0.2, 0.25) is 0 Å². The van der Waals surface area contributed by atoms with E-state index in [4.69, 9.17) is 0 Å². The Hall–Kier alpha value is -0.696. The van der Waals surface area contributed by atoms with Gasteiger partial charge in [0.25, 0.3) is 0 Å². The Kier molecular flexibility index (Phi) is 4.46. The fraction of sp³-hybridized carbons (Fsp3) is 0.250. The second-order valence-corrected chi connectivity index (χ2v) is 2.00. The average molecular weight is 249 g/mol. The minimum atomic E-state index is -4.62. The molecule has 5 nitrogen and oxygen atoms in total. The van der Waals surface area contributed by atoms with Crippen LogP contribution in [-0.4, -0.2) is 17.3 Å². The van der Waals surface area contributed by atoms with Crippen molar-refractivity contribution in [2.75, 3.05) is 0 Å². The number of alkyl halides is 3. The van der Waals surface area contributed by atoms with E-state index in [2.05, 4.69) is 9.85 Å². The minimum Gasteiger partial charge on any atom is -0.858 e. The summed E-state index contributed by atoms with van der Waals surface area (Å²) in [5.41, 5.74) is -1.23. The molecule has 0 unspecified atom stereocenters. The van der Waals surface area contributed by atoms with Crippen molar-refractivity contribution in [3.8, 4) is 0 Å². The molecule has 0 bridgehead atoms. The van der Waals surface area contributed by atoms with Gasteiger partial charge >= 0.3 is 23.2 Å². The molecule has 0 aliphatic carbocycles. The molecule has 0 saturated carbocycles. The molecule has 0 aromatic carbocycles. The topological polar surface area (TPSA) is 73.2 Å². The maximum atomic E-state index is 11.9. The van der Waals surface area contributed by atoms with E-state index in [-0.39, 0.29) is 21.9 Å². The van der Waals surface area contributed by atoms with Crippen molar-refractivity contribution in [3.63, 3.8) is 0 Å². The Bertz CT molecular complexity index is 292. The van der Waals surface area contributed by atoms with Crippen LogP contribution in [0.1, 0.15) is 5.69 Å². The Labute approximate surface area is 87.1 Å². The Balaban J connectivity index is 0.00000169. The molecule has 1 radical (unpaired) electrons. The van der Waals surface area contributed by atoms with Crippen LogP contribution in [0.4, 0.5) is 13.2 Å². The maximum absolute atomic E-state index is 11.9. The second-order valence-electron chi connectivity index (χ2n) is 2.00. The van der Waals surface area contributed by atoms with Crippen LogP contribution in [0.2, 0.25) is 0 Å². The third-order valence-corrected chi connectivity index (χ3v) is 1.05. The molecule has 0 aliphatic heterocycles. The van der Waals surface area contributed by atoms with Gasteiger partial charge in [-0.2, -0.15) is 13.2 Å². The molecule has 1 rings (SSSR count). The molecule has 1 aromatic heterocycles. The summed E-state index contributed by atoms with van der Waals surface area (Å²) >= 11 is 0. The van der Waals surface area contributed by atoms with Crippen molar-refractivity contribution >= 4 is 7.32 Å². The zero-order chi connectivity index (χ0) is 10.1. The van der Waals surface area contributed by atoms with Gasteiger partial charge in [-0.25, -0.2) is 0 Å². The molecule has 0 atom stereocenters. The number of halogens is 3. The SMILES string of the molecule is [Mn+2].[O-]B([O-])On1ccc(C(F)(F)F)n1. The molecule has 14 heavy (non-hydrogen) atoms. The predicted octanol–water partition coefficient (Wildman–Crippen LogP) is -1.97. The van der Waals surface area contributed by atoms with E-state index in [0.29, 0.717) is 6.07 Å². The van der Waals surface area contributed by atoms with Crippen LogP contribution in [0, 0.1) is 0 Å². The molecule has 0 aliphatic rings. The molecule has 0 amide bonds. The van der Waals surface area contributed by atoms with Gasteiger partial charge < -0.3 is 14.8 Å². The summed E-state index contributed by atoms with van der Waals surface area (Å²) in [6.07, 6.45) is -3.89. The van der Waals surface area contributed by atoms with E-state index in [1.54, 1.807) is 0 Å². The van der Waals surface area contributed by atoms with E-state index < -0.39 is 19.2 Å². The van der Waals surface area contributed by atoms with Gasteiger partial charge in [0.1, 0.15) is 0 Å². The number of aromatic nitrogens is 2. The third kappa shape index (κ3) is 3.58. The smallest absolute Gasteiger partial charge is 0.858 e. The fourth-order valence-corrected chi connectivity index (χ4v) is 0.605. The summed E-state index contributed by atoms with van der Waals surface area (Å²) in [7, 11) is -2.71. The predicted molar refractivity (Wildman–Crippen MR) is 29.6 cm³/mol. The van der Waals surface area contributed by atoms with Gasteiger partial charge in [0.05, 0.1) is 6.20 Å². The van der Waals surface area contributed by atoms with E-state index in [0.717, 1.165) is 6.20 Å². The van der Waals surface area contributed by atoms with Crippen LogP contribution in [0.25, 0.3) is 0 Å². The van der Waals surface area contributed by atoms with Crippen molar-refractivity contribution in [1.82, 2.24) is 9.94 Å². The van der Waals surface area contributed by atoms with Gasteiger partial charge in [-0.15, -0.1) is 9.94 Å². The van der Waals surface area contributed by atoms with Crippen molar-refractivity contribution in [2.45, 2.75) is 6.18 Å². The monoisotopic (exact) mass is 249 g/mol. The molecule has 77 valence electrons. The van der Waals surface area contributed by atoms with Crippen molar-refractivity contribution < 1.29 is 45.0 Å². The van der Waals surface area contributed by atoms with E-state index in [9.17, 15) is 23.2 Å². The zero-order valence-corrected chi connectivity index (χ0v) is 7.54. The van der Waals surface area contributed by atoms with Gasteiger partial charge in [0, 0.05) is 0 Å².